The van der Waals surface area contributed by atoms with Crippen LogP contribution in [0.4, 0.5) is 10.1 Å². The molecule has 0 aliphatic carbocycles. The molecule has 1 heterocycles. The molecule has 8 heteroatoms. The minimum absolute atomic E-state index is 0.00116. The van der Waals surface area contributed by atoms with Crippen molar-refractivity contribution in [2.45, 2.75) is 25.8 Å². The number of rotatable bonds is 4. The van der Waals surface area contributed by atoms with Crippen molar-refractivity contribution in [2.75, 3.05) is 0 Å². The van der Waals surface area contributed by atoms with Crippen LogP contribution in [0.3, 0.4) is 0 Å². The number of halogens is 1. The molecule has 0 fully saturated rings. The first-order valence-electron chi connectivity index (χ1n) is 5.92. The Morgan fingerprint density at radius 3 is 2.80 bits per heavy atom. The van der Waals surface area contributed by atoms with E-state index >= 15 is 0 Å². The van der Waals surface area contributed by atoms with E-state index in [1.807, 2.05) is 6.92 Å². The zero-order valence-corrected chi connectivity index (χ0v) is 11.0. The molecule has 0 aliphatic heterocycles. The van der Waals surface area contributed by atoms with Crippen molar-refractivity contribution in [3.63, 3.8) is 0 Å². The summed E-state index contributed by atoms with van der Waals surface area (Å²) in [4.78, 5) is 13.9. The third-order valence-corrected chi connectivity index (χ3v) is 3.07. The molecule has 20 heavy (non-hydrogen) atoms. The second-order valence-corrected chi connectivity index (χ2v) is 4.62. The molecule has 1 unspecified atom stereocenters. The van der Waals surface area contributed by atoms with Crippen molar-refractivity contribution in [3.8, 4) is 11.5 Å². The highest BCUT2D eigenvalue weighted by Gasteiger charge is 2.26. The predicted octanol–water partition coefficient (Wildman–Crippen LogP) is 2.37. The first kappa shape index (κ1) is 14.1. The van der Waals surface area contributed by atoms with E-state index in [4.69, 9.17) is 10.3 Å². The summed E-state index contributed by atoms with van der Waals surface area (Å²) in [5.74, 6) is -0.602. The summed E-state index contributed by atoms with van der Waals surface area (Å²) in [6.07, 6.45) is 0.578. The lowest BCUT2D eigenvalue weighted by Crippen LogP contribution is -2.33. The summed E-state index contributed by atoms with van der Waals surface area (Å²) in [6, 6.07) is 3.20. The highest BCUT2D eigenvalue weighted by atomic mass is 19.1. The molecular formula is C12H13FN4O3. The molecule has 106 valence electrons. The van der Waals surface area contributed by atoms with Gasteiger partial charge < -0.3 is 10.3 Å². The number of hydrogen-bond donors (Lipinski definition) is 1. The second kappa shape index (κ2) is 4.97. The van der Waals surface area contributed by atoms with Crippen LogP contribution in [0.25, 0.3) is 11.5 Å². The topological polar surface area (TPSA) is 108 Å². The maximum absolute atomic E-state index is 13.8. The average molecular weight is 280 g/mol. The summed E-state index contributed by atoms with van der Waals surface area (Å²) in [6.45, 7) is 3.59. The fraction of sp³-hybridized carbons (Fsp3) is 0.333. The summed E-state index contributed by atoms with van der Waals surface area (Å²) in [5.41, 5.74) is 4.84. The third kappa shape index (κ3) is 2.50. The van der Waals surface area contributed by atoms with Crippen LogP contribution in [-0.4, -0.2) is 15.1 Å². The van der Waals surface area contributed by atoms with Gasteiger partial charge >= 0.3 is 0 Å². The van der Waals surface area contributed by atoms with Gasteiger partial charge in [-0.15, -0.1) is 0 Å². The molecule has 0 aliphatic rings. The van der Waals surface area contributed by atoms with E-state index in [1.165, 1.54) is 12.1 Å². The predicted molar refractivity (Wildman–Crippen MR) is 68.2 cm³/mol. The van der Waals surface area contributed by atoms with Crippen molar-refractivity contribution in [1.29, 1.82) is 0 Å². The van der Waals surface area contributed by atoms with Crippen LogP contribution in [0.15, 0.2) is 22.7 Å². The Hall–Kier alpha value is -2.35. The van der Waals surface area contributed by atoms with Crippen LogP contribution in [0.2, 0.25) is 0 Å². The SMILES string of the molecule is CCC(C)(N)c1noc(-c2ccc([N+](=O)[O-])cc2F)n1. The molecule has 1 aromatic carbocycles. The Morgan fingerprint density at radius 1 is 1.55 bits per heavy atom. The number of hydrogen-bond acceptors (Lipinski definition) is 6. The van der Waals surface area contributed by atoms with Crippen molar-refractivity contribution in [1.82, 2.24) is 10.1 Å². The van der Waals surface area contributed by atoms with Gasteiger partial charge in [-0.1, -0.05) is 12.1 Å². The largest absolute Gasteiger partial charge is 0.334 e. The average Bonchev–Trinajstić information content (AvgIpc) is 2.88. The number of non-ortho nitro benzene ring substituents is 1. The van der Waals surface area contributed by atoms with Crippen molar-refractivity contribution >= 4 is 5.69 Å². The van der Waals surface area contributed by atoms with Gasteiger partial charge in [0.25, 0.3) is 11.6 Å². The molecule has 2 N–H and O–H groups in total. The van der Waals surface area contributed by atoms with Crippen molar-refractivity contribution in [3.05, 3.63) is 40.0 Å². The lowest BCUT2D eigenvalue weighted by atomic mass is 10.00. The fourth-order valence-corrected chi connectivity index (χ4v) is 1.51. The quantitative estimate of drug-likeness (QED) is 0.680. The van der Waals surface area contributed by atoms with Crippen LogP contribution in [-0.2, 0) is 5.54 Å². The van der Waals surface area contributed by atoms with E-state index in [0.717, 1.165) is 6.07 Å². The lowest BCUT2D eigenvalue weighted by Gasteiger charge is -2.16. The third-order valence-electron chi connectivity index (χ3n) is 3.07. The lowest BCUT2D eigenvalue weighted by molar-refractivity contribution is -0.385. The van der Waals surface area contributed by atoms with E-state index in [0.29, 0.717) is 6.42 Å². The van der Waals surface area contributed by atoms with Gasteiger partial charge in [0.15, 0.2) is 5.82 Å². The van der Waals surface area contributed by atoms with Crippen LogP contribution in [0.5, 0.6) is 0 Å². The van der Waals surface area contributed by atoms with Crippen LogP contribution in [0, 0.1) is 15.9 Å². The maximum Gasteiger partial charge on any atom is 0.272 e. The second-order valence-electron chi connectivity index (χ2n) is 4.62. The van der Waals surface area contributed by atoms with Gasteiger partial charge in [0.05, 0.1) is 22.1 Å². The summed E-state index contributed by atoms with van der Waals surface area (Å²) in [7, 11) is 0. The summed E-state index contributed by atoms with van der Waals surface area (Å²) in [5, 5.41) is 14.3. The van der Waals surface area contributed by atoms with Gasteiger partial charge in [-0.3, -0.25) is 10.1 Å². The zero-order valence-electron chi connectivity index (χ0n) is 11.0. The van der Waals surface area contributed by atoms with E-state index < -0.39 is 16.3 Å². The molecule has 0 saturated heterocycles. The highest BCUT2D eigenvalue weighted by Crippen LogP contribution is 2.27. The molecule has 2 rings (SSSR count). The number of nitrogens with two attached hydrogens (primary N) is 1. The molecule has 0 amide bonds. The minimum Gasteiger partial charge on any atom is -0.334 e. The van der Waals surface area contributed by atoms with E-state index in [1.54, 1.807) is 6.92 Å². The van der Waals surface area contributed by atoms with Crippen LogP contribution >= 0.6 is 0 Å². The number of nitrogens with zero attached hydrogens (tertiary/aromatic N) is 3. The van der Waals surface area contributed by atoms with Crippen LogP contribution in [0.1, 0.15) is 26.1 Å². The normalized spacial score (nSPS) is 14.0. The van der Waals surface area contributed by atoms with Gasteiger partial charge in [-0.2, -0.15) is 4.98 Å². The number of nitro groups is 1. The maximum atomic E-state index is 13.8. The van der Waals surface area contributed by atoms with Gasteiger partial charge in [0.2, 0.25) is 0 Å². The van der Waals surface area contributed by atoms with Gasteiger partial charge in [0, 0.05) is 6.07 Å². The van der Waals surface area contributed by atoms with Crippen LogP contribution < -0.4 is 5.73 Å². The van der Waals surface area contributed by atoms with E-state index in [9.17, 15) is 14.5 Å². The summed E-state index contributed by atoms with van der Waals surface area (Å²) >= 11 is 0. The Balaban J connectivity index is 2.40. The molecule has 2 aromatic rings. The number of benzene rings is 1. The first-order valence-corrected chi connectivity index (χ1v) is 5.92. The Bertz CT molecular complexity index is 654. The Kier molecular flexibility index (Phi) is 3.49. The standard InChI is InChI=1S/C12H13FN4O3/c1-3-12(2,14)11-15-10(20-16-11)8-5-4-7(17(18)19)6-9(8)13/h4-6H,3,14H2,1-2H3. The fourth-order valence-electron chi connectivity index (χ4n) is 1.51. The monoisotopic (exact) mass is 280 g/mol. The Morgan fingerprint density at radius 2 is 2.25 bits per heavy atom. The van der Waals surface area contributed by atoms with Crippen molar-refractivity contribution in [2.24, 2.45) is 5.73 Å². The van der Waals surface area contributed by atoms with Gasteiger partial charge in [-0.25, -0.2) is 4.39 Å². The molecule has 0 saturated carbocycles. The van der Waals surface area contributed by atoms with E-state index in [-0.39, 0.29) is 23.0 Å². The van der Waals surface area contributed by atoms with E-state index in [2.05, 4.69) is 10.1 Å². The minimum atomic E-state index is -0.801. The molecule has 1 aromatic heterocycles. The number of nitro benzene ring substituents is 1. The smallest absolute Gasteiger partial charge is 0.272 e. The first-order chi connectivity index (χ1) is 9.35. The van der Waals surface area contributed by atoms with Crippen molar-refractivity contribution < 1.29 is 13.8 Å². The highest BCUT2D eigenvalue weighted by molar-refractivity contribution is 5.56. The summed E-state index contributed by atoms with van der Waals surface area (Å²) < 4.78 is 18.8. The molecular weight excluding hydrogens is 267 g/mol. The van der Waals surface area contributed by atoms with Gasteiger partial charge in [-0.05, 0) is 19.4 Å². The molecule has 0 spiro atoms. The molecule has 1 atom stereocenters. The zero-order chi connectivity index (χ0) is 14.9. The molecule has 0 radical (unpaired) electrons. The van der Waals surface area contributed by atoms with Gasteiger partial charge in [0.1, 0.15) is 5.82 Å². The number of aromatic nitrogens is 2. The molecule has 7 nitrogen and oxygen atoms in total. The molecule has 0 bridgehead atoms. The Labute approximate surface area is 113 Å².